The van der Waals surface area contributed by atoms with Gasteiger partial charge in [-0.25, -0.2) is 0 Å². The minimum atomic E-state index is 0.479. The largest absolute Gasteiger partial charge is 0.486 e. The molecule has 0 amide bonds. The van der Waals surface area contributed by atoms with E-state index >= 15 is 0 Å². The van der Waals surface area contributed by atoms with Crippen molar-refractivity contribution in [1.29, 1.82) is 0 Å². The molecule has 0 fully saturated rings. The van der Waals surface area contributed by atoms with E-state index in [0.29, 0.717) is 13.2 Å². The van der Waals surface area contributed by atoms with E-state index in [2.05, 4.69) is 5.16 Å². The molecule has 3 nitrogen and oxygen atoms in total. The first-order valence-electron chi connectivity index (χ1n) is 5.88. The normalized spacial score (nSPS) is 15.2. The van der Waals surface area contributed by atoms with E-state index in [9.17, 15) is 0 Å². The zero-order valence-electron chi connectivity index (χ0n) is 9.87. The molecule has 0 saturated carbocycles. The average molecular weight is 239 g/mol. The molecule has 3 rings (SSSR count). The summed E-state index contributed by atoms with van der Waals surface area (Å²) in [7, 11) is 0. The quantitative estimate of drug-likeness (QED) is 0.771. The van der Waals surface area contributed by atoms with Crippen molar-refractivity contribution in [2.45, 2.75) is 6.61 Å². The van der Waals surface area contributed by atoms with Gasteiger partial charge in [0.05, 0.1) is 0 Å². The molecule has 3 heteroatoms. The number of hydrogen-bond donors (Lipinski definition) is 0. The third-order valence-electron chi connectivity index (χ3n) is 2.81. The Bertz CT molecular complexity index is 564. The number of fused-ring (bicyclic) bond motifs is 1. The van der Waals surface area contributed by atoms with Gasteiger partial charge >= 0.3 is 0 Å². The van der Waals surface area contributed by atoms with Crippen LogP contribution < -0.4 is 4.74 Å². The van der Waals surface area contributed by atoms with Crippen LogP contribution in [0.5, 0.6) is 5.75 Å². The summed E-state index contributed by atoms with van der Waals surface area (Å²) in [5.41, 5.74) is 2.97. The lowest BCUT2D eigenvalue weighted by molar-refractivity contribution is 0.129. The number of benzene rings is 2. The minimum absolute atomic E-state index is 0.479. The van der Waals surface area contributed by atoms with Crippen LogP contribution >= 0.6 is 0 Å². The molecule has 0 atom stereocenters. The van der Waals surface area contributed by atoms with Crippen molar-refractivity contribution in [2.24, 2.45) is 5.16 Å². The first kappa shape index (κ1) is 10.8. The van der Waals surface area contributed by atoms with Crippen LogP contribution in [0.4, 0.5) is 0 Å². The van der Waals surface area contributed by atoms with Crippen LogP contribution in [-0.2, 0) is 11.4 Å². The first-order chi connectivity index (χ1) is 8.93. The third-order valence-corrected chi connectivity index (χ3v) is 2.81. The van der Waals surface area contributed by atoms with Crippen molar-refractivity contribution < 1.29 is 9.57 Å². The van der Waals surface area contributed by atoms with Crippen LogP contribution in [0.15, 0.2) is 59.8 Å². The average Bonchev–Trinajstić information content (AvgIpc) is 2.84. The Morgan fingerprint density at radius 2 is 1.78 bits per heavy atom. The fourth-order valence-electron chi connectivity index (χ4n) is 1.89. The first-order valence-corrected chi connectivity index (χ1v) is 5.88. The second-order valence-corrected chi connectivity index (χ2v) is 4.08. The summed E-state index contributed by atoms with van der Waals surface area (Å²) < 4.78 is 5.50. The van der Waals surface area contributed by atoms with Crippen molar-refractivity contribution in [2.75, 3.05) is 6.61 Å². The standard InChI is InChI=1S/C15H13NO2/c1-2-6-12(7-3-1)10-18-16-14-11-17-15-9-5-4-8-13(14)15/h1-9H,10-11H2/b16-14-. The molecule has 0 radical (unpaired) electrons. The van der Waals surface area contributed by atoms with Crippen LogP contribution in [-0.4, -0.2) is 12.3 Å². The third kappa shape index (κ3) is 2.20. The molecule has 18 heavy (non-hydrogen) atoms. The Hall–Kier alpha value is -2.29. The summed E-state index contributed by atoms with van der Waals surface area (Å²) in [6.07, 6.45) is 0. The molecule has 1 aliphatic heterocycles. The molecular formula is C15H13NO2. The van der Waals surface area contributed by atoms with Gasteiger partial charge in [-0.1, -0.05) is 47.6 Å². The van der Waals surface area contributed by atoms with Crippen molar-refractivity contribution in [3.63, 3.8) is 0 Å². The van der Waals surface area contributed by atoms with Crippen LogP contribution in [0.25, 0.3) is 0 Å². The van der Waals surface area contributed by atoms with Gasteiger partial charge in [-0.3, -0.25) is 0 Å². The summed E-state index contributed by atoms with van der Waals surface area (Å²) in [5.74, 6) is 0.875. The molecule has 0 bridgehead atoms. The molecule has 1 heterocycles. The molecule has 0 aliphatic carbocycles. The van der Waals surface area contributed by atoms with Gasteiger partial charge in [0.2, 0.25) is 0 Å². The molecular weight excluding hydrogens is 226 g/mol. The summed E-state index contributed by atoms with van der Waals surface area (Å²) in [5, 5.41) is 4.15. The monoisotopic (exact) mass is 239 g/mol. The smallest absolute Gasteiger partial charge is 0.142 e. The fraction of sp³-hybridized carbons (Fsp3) is 0.133. The van der Waals surface area contributed by atoms with Crippen LogP contribution in [0.2, 0.25) is 0 Å². The second-order valence-electron chi connectivity index (χ2n) is 4.08. The molecule has 1 aliphatic rings. The van der Waals surface area contributed by atoms with E-state index in [0.717, 1.165) is 22.6 Å². The maximum atomic E-state index is 5.50. The van der Waals surface area contributed by atoms with E-state index in [1.807, 2.05) is 54.6 Å². The predicted octanol–water partition coefficient (Wildman–Crippen LogP) is 3.00. The van der Waals surface area contributed by atoms with E-state index in [-0.39, 0.29) is 0 Å². The Morgan fingerprint density at radius 1 is 1.00 bits per heavy atom. The van der Waals surface area contributed by atoms with Crippen molar-refractivity contribution >= 4 is 5.71 Å². The molecule has 2 aromatic carbocycles. The highest BCUT2D eigenvalue weighted by Crippen LogP contribution is 2.24. The number of nitrogens with zero attached hydrogens (tertiary/aromatic N) is 1. The van der Waals surface area contributed by atoms with Gasteiger partial charge in [-0.2, -0.15) is 0 Å². The number of hydrogen-bond acceptors (Lipinski definition) is 3. The van der Waals surface area contributed by atoms with Gasteiger partial charge in [0.1, 0.15) is 24.7 Å². The Labute approximate surface area is 106 Å². The van der Waals surface area contributed by atoms with E-state index < -0.39 is 0 Å². The highest BCUT2D eigenvalue weighted by atomic mass is 16.6. The highest BCUT2D eigenvalue weighted by Gasteiger charge is 2.18. The summed E-state index contributed by atoms with van der Waals surface area (Å²) >= 11 is 0. The Morgan fingerprint density at radius 3 is 2.67 bits per heavy atom. The molecule has 2 aromatic rings. The van der Waals surface area contributed by atoms with Gasteiger partial charge < -0.3 is 9.57 Å². The highest BCUT2D eigenvalue weighted by molar-refractivity contribution is 6.05. The lowest BCUT2D eigenvalue weighted by Gasteiger charge is -2.00. The number of rotatable bonds is 3. The van der Waals surface area contributed by atoms with Gasteiger partial charge in [0.25, 0.3) is 0 Å². The second kappa shape index (κ2) is 4.92. The molecule has 90 valence electrons. The van der Waals surface area contributed by atoms with Gasteiger partial charge in [-0.05, 0) is 17.7 Å². The summed E-state index contributed by atoms with van der Waals surface area (Å²) in [6, 6.07) is 17.8. The molecule has 0 N–H and O–H groups in total. The van der Waals surface area contributed by atoms with Crippen LogP contribution in [0.3, 0.4) is 0 Å². The van der Waals surface area contributed by atoms with Crippen LogP contribution in [0.1, 0.15) is 11.1 Å². The number of oxime groups is 1. The predicted molar refractivity (Wildman–Crippen MR) is 69.7 cm³/mol. The van der Waals surface area contributed by atoms with Crippen molar-refractivity contribution in [3.05, 3.63) is 65.7 Å². The van der Waals surface area contributed by atoms with E-state index in [1.54, 1.807) is 0 Å². The maximum Gasteiger partial charge on any atom is 0.142 e. The van der Waals surface area contributed by atoms with Gasteiger partial charge in [0.15, 0.2) is 0 Å². The fourth-order valence-corrected chi connectivity index (χ4v) is 1.89. The Kier molecular flexibility index (Phi) is 2.96. The topological polar surface area (TPSA) is 30.8 Å². The maximum absolute atomic E-state index is 5.50. The SMILES string of the molecule is c1ccc(CO/N=C2/COc3ccccc32)cc1. The minimum Gasteiger partial charge on any atom is -0.486 e. The lowest BCUT2D eigenvalue weighted by Crippen LogP contribution is -2.03. The van der Waals surface area contributed by atoms with Crippen molar-refractivity contribution in [1.82, 2.24) is 0 Å². The molecule has 0 aromatic heterocycles. The zero-order valence-corrected chi connectivity index (χ0v) is 9.87. The summed E-state index contributed by atoms with van der Waals surface area (Å²) in [6.45, 7) is 0.959. The van der Waals surface area contributed by atoms with Crippen LogP contribution in [0, 0.1) is 0 Å². The van der Waals surface area contributed by atoms with Gasteiger partial charge in [-0.15, -0.1) is 0 Å². The van der Waals surface area contributed by atoms with Crippen molar-refractivity contribution in [3.8, 4) is 5.75 Å². The molecule has 0 spiro atoms. The lowest BCUT2D eigenvalue weighted by atomic mass is 10.1. The van der Waals surface area contributed by atoms with E-state index in [4.69, 9.17) is 9.57 Å². The van der Waals surface area contributed by atoms with Gasteiger partial charge in [0, 0.05) is 5.56 Å². The summed E-state index contributed by atoms with van der Waals surface area (Å²) in [4.78, 5) is 5.37. The Balaban J connectivity index is 1.68. The number of para-hydroxylation sites is 1. The van der Waals surface area contributed by atoms with E-state index in [1.165, 1.54) is 0 Å². The zero-order chi connectivity index (χ0) is 12.2. The molecule has 0 unspecified atom stereocenters. The number of ether oxygens (including phenoxy) is 1. The molecule has 0 saturated heterocycles.